The number of aliphatic carboxylic acids is 1. The number of carbonyl (C=O) groups is 1. The van der Waals surface area contributed by atoms with Crippen molar-refractivity contribution in [3.63, 3.8) is 0 Å². The number of aliphatic hydroxyl groups is 1. The number of aliphatic hydroxyl groups excluding tert-OH is 1. The van der Waals surface area contributed by atoms with E-state index >= 15 is 0 Å². The first kappa shape index (κ1) is 15.9. The number of fused-ring (bicyclic) bond motifs is 1. The molecular weight excluding hydrogens is 286 g/mol. The van der Waals surface area contributed by atoms with E-state index in [4.69, 9.17) is 5.11 Å². The highest BCUT2D eigenvalue weighted by Gasteiger charge is 2.12. The van der Waals surface area contributed by atoms with Crippen molar-refractivity contribution in [2.24, 2.45) is 0 Å². The second-order valence-corrected chi connectivity index (χ2v) is 5.17. The fourth-order valence-corrected chi connectivity index (χ4v) is 2.37. The maximum atomic E-state index is 12.3. The van der Waals surface area contributed by atoms with Gasteiger partial charge in [0.05, 0.1) is 6.42 Å². The Balaban J connectivity index is 2.49. The van der Waals surface area contributed by atoms with Crippen molar-refractivity contribution >= 4 is 17.4 Å². The molecule has 2 heterocycles. The van der Waals surface area contributed by atoms with Gasteiger partial charge >= 0.3 is 5.97 Å². The molecule has 0 atom stereocenters. The molecule has 2 N–H and O–H groups in total. The van der Waals surface area contributed by atoms with E-state index in [0.29, 0.717) is 6.42 Å². The predicted octanol–water partition coefficient (Wildman–Crippen LogP) is 1.07. The average molecular weight is 305 g/mol. The molecule has 22 heavy (non-hydrogen) atoms. The Morgan fingerprint density at radius 2 is 2.05 bits per heavy atom. The second-order valence-electron chi connectivity index (χ2n) is 5.17. The van der Waals surface area contributed by atoms with Gasteiger partial charge in [0.1, 0.15) is 17.3 Å². The number of pyridine rings is 1. The topological polar surface area (TPSA) is 105 Å². The highest BCUT2D eigenvalue weighted by Crippen LogP contribution is 2.06. The quantitative estimate of drug-likeness (QED) is 0.741. The van der Waals surface area contributed by atoms with Crippen LogP contribution in [0.2, 0.25) is 0 Å². The molecule has 0 saturated carbocycles. The monoisotopic (exact) mass is 305 g/mol. The molecule has 2 aromatic rings. The van der Waals surface area contributed by atoms with Crippen LogP contribution in [0.25, 0.3) is 11.4 Å². The van der Waals surface area contributed by atoms with Gasteiger partial charge in [0.2, 0.25) is 0 Å². The van der Waals surface area contributed by atoms with Crippen molar-refractivity contribution < 1.29 is 15.0 Å². The maximum absolute atomic E-state index is 12.3. The number of carboxylic acid groups (broad SMARTS) is 1. The zero-order valence-corrected chi connectivity index (χ0v) is 12.4. The van der Waals surface area contributed by atoms with Gasteiger partial charge in [0, 0.05) is 18.2 Å². The molecule has 7 nitrogen and oxygen atoms in total. The molecular formula is C15H19N3O4. The lowest BCUT2D eigenvalue weighted by molar-refractivity contribution is -0.136. The zero-order chi connectivity index (χ0) is 16.1. The first-order chi connectivity index (χ1) is 10.5. The molecule has 0 aromatic carbocycles. The predicted molar refractivity (Wildman–Crippen MR) is 80.6 cm³/mol. The zero-order valence-electron chi connectivity index (χ0n) is 12.4. The fourth-order valence-electron chi connectivity index (χ4n) is 2.37. The minimum absolute atomic E-state index is 0.0398. The van der Waals surface area contributed by atoms with Crippen LogP contribution < -0.4 is 10.6 Å². The molecule has 0 bridgehead atoms. The molecule has 0 aliphatic heterocycles. The van der Waals surface area contributed by atoms with E-state index in [2.05, 4.69) is 17.0 Å². The van der Waals surface area contributed by atoms with Crippen LogP contribution in [0, 0.1) is 0 Å². The van der Waals surface area contributed by atoms with Gasteiger partial charge in [-0.25, -0.2) is 9.50 Å². The molecule has 7 heteroatoms. The number of unbranched alkanes of at least 4 members (excludes halogenated alkanes) is 2. The van der Waals surface area contributed by atoms with Gasteiger partial charge in [-0.2, -0.15) is 5.10 Å². The highest BCUT2D eigenvalue weighted by molar-refractivity contribution is 5.68. The molecule has 0 fully saturated rings. The summed E-state index contributed by atoms with van der Waals surface area (Å²) in [6.45, 7) is 2.10. The maximum Gasteiger partial charge on any atom is 0.303 e. The lowest BCUT2D eigenvalue weighted by atomic mass is 10.1. The molecule has 0 aliphatic carbocycles. The van der Waals surface area contributed by atoms with Crippen LogP contribution >= 0.6 is 0 Å². The van der Waals surface area contributed by atoms with Crippen molar-refractivity contribution in [1.82, 2.24) is 14.6 Å². The summed E-state index contributed by atoms with van der Waals surface area (Å²) in [5, 5.41) is 22.9. The van der Waals surface area contributed by atoms with Gasteiger partial charge in [0.25, 0.3) is 0 Å². The summed E-state index contributed by atoms with van der Waals surface area (Å²) >= 11 is 0. The third kappa shape index (κ3) is 3.41. The normalized spacial score (nSPS) is 12.6. The van der Waals surface area contributed by atoms with Crippen LogP contribution in [0.15, 0.2) is 17.2 Å². The van der Waals surface area contributed by atoms with E-state index < -0.39 is 5.97 Å². The Hall–Kier alpha value is -2.44. The van der Waals surface area contributed by atoms with Gasteiger partial charge in [-0.3, -0.25) is 9.59 Å². The summed E-state index contributed by atoms with van der Waals surface area (Å²) in [6.07, 6.45) is 4.75. The molecule has 2 aromatic heterocycles. The van der Waals surface area contributed by atoms with Crippen LogP contribution in [0.5, 0.6) is 0 Å². The molecule has 0 aliphatic rings. The Morgan fingerprint density at radius 3 is 2.73 bits per heavy atom. The summed E-state index contributed by atoms with van der Waals surface area (Å²) in [7, 11) is 0. The summed E-state index contributed by atoms with van der Waals surface area (Å²) in [4.78, 5) is 26.9. The Bertz CT molecular complexity index is 782. The minimum Gasteiger partial charge on any atom is -0.511 e. The molecule has 0 unspecified atom stereocenters. The molecule has 118 valence electrons. The number of aromatic nitrogens is 3. The van der Waals surface area contributed by atoms with Crippen LogP contribution in [0.4, 0.5) is 0 Å². The lowest BCUT2D eigenvalue weighted by Crippen LogP contribution is -2.31. The van der Waals surface area contributed by atoms with Crippen LogP contribution in [-0.2, 0) is 11.2 Å². The third-order valence-corrected chi connectivity index (χ3v) is 3.49. The number of carboxylic acids is 1. The van der Waals surface area contributed by atoms with Gasteiger partial charge in [-0.1, -0.05) is 19.8 Å². The number of hydrogen-bond donors (Lipinski definition) is 2. The van der Waals surface area contributed by atoms with E-state index in [1.807, 2.05) is 0 Å². The van der Waals surface area contributed by atoms with E-state index in [1.54, 1.807) is 4.52 Å². The van der Waals surface area contributed by atoms with Crippen molar-refractivity contribution in [1.29, 1.82) is 0 Å². The van der Waals surface area contributed by atoms with Crippen molar-refractivity contribution in [3.05, 3.63) is 33.5 Å². The summed E-state index contributed by atoms with van der Waals surface area (Å²) < 4.78 is 1.55. The molecule has 0 radical (unpaired) electrons. The standard InChI is InChI=1S/C15H19N3O4/c1-2-3-4-5-10-8-12(20)14(11(19)6-7-13(21)22)15-16-9-17-18(10)15/h8-9,19H,2-7H2,1H3,(H,21,22). The van der Waals surface area contributed by atoms with Crippen LogP contribution in [0.1, 0.15) is 44.7 Å². The summed E-state index contributed by atoms with van der Waals surface area (Å²) in [5.41, 5.74) is 0.678. The summed E-state index contributed by atoms with van der Waals surface area (Å²) in [5.74, 6) is -1.29. The van der Waals surface area contributed by atoms with Crippen molar-refractivity contribution in [3.8, 4) is 0 Å². The fraction of sp³-hybridized carbons (Fsp3) is 0.467. The minimum atomic E-state index is -1.03. The number of nitrogens with zero attached hydrogens (tertiary/aromatic N) is 3. The molecule has 0 amide bonds. The second kappa shape index (κ2) is 7.02. The van der Waals surface area contributed by atoms with E-state index in [0.717, 1.165) is 25.0 Å². The Labute approximate surface area is 126 Å². The van der Waals surface area contributed by atoms with E-state index in [-0.39, 0.29) is 34.9 Å². The third-order valence-electron chi connectivity index (χ3n) is 3.49. The summed E-state index contributed by atoms with van der Waals surface area (Å²) in [6, 6.07) is 1.45. The Kier molecular flexibility index (Phi) is 5.08. The highest BCUT2D eigenvalue weighted by atomic mass is 16.4. The van der Waals surface area contributed by atoms with Crippen molar-refractivity contribution in [2.45, 2.75) is 45.4 Å². The van der Waals surface area contributed by atoms with Crippen LogP contribution in [-0.4, -0.2) is 30.8 Å². The molecule has 0 spiro atoms. The lowest BCUT2D eigenvalue weighted by Gasteiger charge is -2.05. The molecule has 2 rings (SSSR count). The van der Waals surface area contributed by atoms with E-state index in [9.17, 15) is 14.7 Å². The Morgan fingerprint density at radius 1 is 1.27 bits per heavy atom. The largest absolute Gasteiger partial charge is 0.511 e. The van der Waals surface area contributed by atoms with Crippen LogP contribution in [0.3, 0.4) is 0 Å². The van der Waals surface area contributed by atoms with Gasteiger partial charge in [0.15, 0.2) is 11.1 Å². The smallest absolute Gasteiger partial charge is 0.303 e. The number of rotatable bonds is 7. The first-order valence-corrected chi connectivity index (χ1v) is 7.34. The first-order valence-electron chi connectivity index (χ1n) is 7.34. The van der Waals surface area contributed by atoms with Gasteiger partial charge in [-0.05, 0) is 12.8 Å². The molecule has 0 saturated heterocycles. The average Bonchev–Trinajstić information content (AvgIpc) is 2.94. The number of hydrogen-bond acceptors (Lipinski definition) is 5. The SMILES string of the molecule is CCCCCc1cc(=O)c(=C(O)CCC(=O)O)c2ncnn12. The van der Waals surface area contributed by atoms with E-state index in [1.165, 1.54) is 12.4 Å². The number of aryl methyl sites for hydroxylation is 1. The van der Waals surface area contributed by atoms with Crippen molar-refractivity contribution in [2.75, 3.05) is 0 Å². The van der Waals surface area contributed by atoms with Gasteiger partial charge < -0.3 is 10.2 Å². The van der Waals surface area contributed by atoms with Gasteiger partial charge in [-0.15, -0.1) is 0 Å².